The second-order valence-corrected chi connectivity index (χ2v) is 7.57. The fourth-order valence-corrected chi connectivity index (χ4v) is 3.49. The van der Waals surface area contributed by atoms with Gasteiger partial charge in [0.15, 0.2) is 5.79 Å². The molecule has 1 atom stereocenters. The summed E-state index contributed by atoms with van der Waals surface area (Å²) in [5, 5.41) is 5.98. The van der Waals surface area contributed by atoms with Crippen LogP contribution in [0.15, 0.2) is 6.07 Å². The average molecular weight is 337 g/mol. The quantitative estimate of drug-likeness (QED) is 0.792. The smallest absolute Gasteiger partial charge is 0.295 e. The lowest BCUT2D eigenvalue weighted by Crippen LogP contribution is -2.33. The molecule has 1 amide bonds. The molecule has 1 spiro atoms. The Kier molecular flexibility index (Phi) is 4.44. The second kappa shape index (κ2) is 6.13. The van der Waals surface area contributed by atoms with Crippen LogP contribution in [0.25, 0.3) is 0 Å². The van der Waals surface area contributed by atoms with Gasteiger partial charge in [-0.25, -0.2) is 5.06 Å². The molecule has 7 nitrogen and oxygen atoms in total. The molecule has 7 heteroatoms. The Hall–Kier alpha value is -1.44. The maximum atomic E-state index is 12.6. The molecule has 3 rings (SSSR count). The highest BCUT2D eigenvalue weighted by molar-refractivity contribution is 5.92. The predicted octanol–water partition coefficient (Wildman–Crippen LogP) is 2.28. The number of hydroxylamine groups is 2. The topological polar surface area (TPSA) is 65.8 Å². The molecule has 2 fully saturated rings. The number of carbonyl (C=O) groups is 1. The van der Waals surface area contributed by atoms with Crippen LogP contribution in [-0.4, -0.2) is 53.9 Å². The Labute approximate surface area is 142 Å². The lowest BCUT2D eigenvalue weighted by Gasteiger charge is -2.23. The molecule has 0 N–H and O–H groups in total. The van der Waals surface area contributed by atoms with Gasteiger partial charge >= 0.3 is 0 Å². The molecule has 0 bridgehead atoms. The Morgan fingerprint density at radius 3 is 2.67 bits per heavy atom. The van der Waals surface area contributed by atoms with E-state index in [1.165, 1.54) is 12.2 Å². The van der Waals surface area contributed by atoms with Gasteiger partial charge in [0.25, 0.3) is 5.91 Å². The van der Waals surface area contributed by atoms with Crippen LogP contribution in [0.2, 0.25) is 0 Å². The first-order chi connectivity index (χ1) is 11.3. The average Bonchev–Trinajstić information content (AvgIpc) is 3.25. The highest BCUT2D eigenvalue weighted by atomic mass is 16.7. The monoisotopic (exact) mass is 337 g/mol. The van der Waals surface area contributed by atoms with Gasteiger partial charge in [0.2, 0.25) is 0 Å². The van der Waals surface area contributed by atoms with Crippen molar-refractivity contribution < 1.29 is 19.1 Å². The third-order valence-corrected chi connectivity index (χ3v) is 4.81. The third kappa shape index (κ3) is 3.08. The summed E-state index contributed by atoms with van der Waals surface area (Å²) in [5.41, 5.74) is 1.17. The van der Waals surface area contributed by atoms with E-state index in [-0.39, 0.29) is 17.4 Å². The van der Waals surface area contributed by atoms with Crippen LogP contribution in [0.5, 0.6) is 0 Å². The summed E-state index contributed by atoms with van der Waals surface area (Å²) in [7, 11) is 3.08. The van der Waals surface area contributed by atoms with Crippen LogP contribution in [0.4, 0.5) is 0 Å². The van der Waals surface area contributed by atoms with E-state index >= 15 is 0 Å². The Bertz CT molecular complexity index is 614. The zero-order valence-electron chi connectivity index (χ0n) is 15.2. The van der Waals surface area contributed by atoms with Crippen molar-refractivity contribution in [3.63, 3.8) is 0 Å². The maximum Gasteiger partial charge on any atom is 0.295 e. The third-order valence-electron chi connectivity index (χ3n) is 4.81. The fourth-order valence-electron chi connectivity index (χ4n) is 3.49. The van der Waals surface area contributed by atoms with E-state index < -0.39 is 5.79 Å². The largest absolute Gasteiger partial charge is 0.348 e. The van der Waals surface area contributed by atoms with E-state index in [2.05, 4.69) is 0 Å². The van der Waals surface area contributed by atoms with Gasteiger partial charge in [0, 0.05) is 25.8 Å². The highest BCUT2D eigenvalue weighted by Gasteiger charge is 2.45. The first-order valence-corrected chi connectivity index (χ1v) is 8.46. The Morgan fingerprint density at radius 2 is 2.08 bits per heavy atom. The molecule has 1 saturated carbocycles. The maximum absolute atomic E-state index is 12.6. The van der Waals surface area contributed by atoms with E-state index in [0.29, 0.717) is 18.9 Å². The first kappa shape index (κ1) is 17.4. The van der Waals surface area contributed by atoms with Gasteiger partial charge in [0.1, 0.15) is 5.69 Å². The van der Waals surface area contributed by atoms with Crippen LogP contribution >= 0.6 is 0 Å². The van der Waals surface area contributed by atoms with Crippen molar-refractivity contribution in [2.75, 3.05) is 27.4 Å². The van der Waals surface area contributed by atoms with E-state index in [0.717, 1.165) is 25.0 Å². The van der Waals surface area contributed by atoms with Crippen LogP contribution in [0, 0.1) is 0 Å². The normalized spacial score (nSPS) is 23.1. The number of ether oxygens (including phenoxy) is 2. The summed E-state index contributed by atoms with van der Waals surface area (Å²) >= 11 is 0. The van der Waals surface area contributed by atoms with E-state index in [1.54, 1.807) is 11.7 Å². The van der Waals surface area contributed by atoms with Gasteiger partial charge in [-0.3, -0.25) is 14.3 Å². The van der Waals surface area contributed by atoms with Crippen molar-refractivity contribution in [1.82, 2.24) is 14.8 Å². The van der Waals surface area contributed by atoms with Gasteiger partial charge in [-0.15, -0.1) is 0 Å². The van der Waals surface area contributed by atoms with Gasteiger partial charge in [-0.1, -0.05) is 0 Å². The molecule has 1 aliphatic heterocycles. The highest BCUT2D eigenvalue weighted by Crippen LogP contribution is 2.45. The minimum absolute atomic E-state index is 0.202. The second-order valence-electron chi connectivity index (χ2n) is 7.57. The van der Waals surface area contributed by atoms with Crippen molar-refractivity contribution in [3.05, 3.63) is 17.5 Å². The number of hydrogen-bond acceptors (Lipinski definition) is 5. The molecule has 0 radical (unpaired) electrons. The molecule has 1 aromatic rings. The molecule has 1 aliphatic carbocycles. The number of nitrogens with zero attached hydrogens (tertiary/aromatic N) is 3. The molecule has 0 aromatic carbocycles. The van der Waals surface area contributed by atoms with Crippen molar-refractivity contribution >= 4 is 5.91 Å². The van der Waals surface area contributed by atoms with Crippen molar-refractivity contribution in [2.45, 2.75) is 57.3 Å². The molecule has 24 heavy (non-hydrogen) atoms. The molecular weight excluding hydrogens is 310 g/mol. The standard InChI is InChI=1S/C17H27N3O4/c1-16(2,3)20-14(15(21)19(4)22-5)10-13(18-20)12-6-7-17(11-12)23-8-9-24-17/h10,12H,6-9,11H2,1-5H3. The number of hydrogen-bond donors (Lipinski definition) is 0. The van der Waals surface area contributed by atoms with Gasteiger partial charge in [0.05, 0.1) is 31.6 Å². The van der Waals surface area contributed by atoms with Gasteiger partial charge in [-0.2, -0.15) is 5.10 Å². The lowest BCUT2D eigenvalue weighted by molar-refractivity contribution is -0.151. The van der Waals surface area contributed by atoms with Crippen molar-refractivity contribution in [1.29, 1.82) is 0 Å². The fraction of sp³-hybridized carbons (Fsp3) is 0.765. The van der Waals surface area contributed by atoms with Crippen LogP contribution in [0.1, 0.15) is 62.1 Å². The molecule has 2 aliphatic rings. The first-order valence-electron chi connectivity index (χ1n) is 8.46. The van der Waals surface area contributed by atoms with E-state index in [1.807, 2.05) is 26.8 Å². The lowest BCUT2D eigenvalue weighted by atomic mass is 10.0. The Balaban J connectivity index is 1.90. The number of carbonyl (C=O) groups excluding carboxylic acids is 1. The zero-order chi connectivity index (χ0) is 17.5. The summed E-state index contributed by atoms with van der Waals surface area (Å²) in [4.78, 5) is 17.7. The number of rotatable bonds is 3. The molecule has 2 heterocycles. The van der Waals surface area contributed by atoms with Crippen molar-refractivity contribution in [3.8, 4) is 0 Å². The van der Waals surface area contributed by atoms with Crippen molar-refractivity contribution in [2.24, 2.45) is 0 Å². The summed E-state index contributed by atoms with van der Waals surface area (Å²) < 4.78 is 13.4. The van der Waals surface area contributed by atoms with Gasteiger partial charge < -0.3 is 9.47 Å². The number of amides is 1. The summed E-state index contributed by atoms with van der Waals surface area (Å²) in [6.07, 6.45) is 2.62. The van der Waals surface area contributed by atoms with Crippen LogP contribution in [0.3, 0.4) is 0 Å². The molecular formula is C17H27N3O4. The molecule has 1 saturated heterocycles. The van der Waals surface area contributed by atoms with Crippen LogP contribution < -0.4 is 0 Å². The van der Waals surface area contributed by atoms with E-state index in [4.69, 9.17) is 19.4 Å². The molecule has 134 valence electrons. The zero-order valence-corrected chi connectivity index (χ0v) is 15.2. The van der Waals surface area contributed by atoms with Gasteiger partial charge in [-0.05, 0) is 33.3 Å². The SMILES string of the molecule is CON(C)C(=O)c1cc(C2CCC3(C2)OCCO3)nn1C(C)(C)C. The molecule has 1 aromatic heterocycles. The Morgan fingerprint density at radius 1 is 1.42 bits per heavy atom. The minimum atomic E-state index is -0.441. The summed E-state index contributed by atoms with van der Waals surface area (Å²) in [6, 6.07) is 1.89. The summed E-state index contributed by atoms with van der Waals surface area (Å²) in [6.45, 7) is 7.42. The minimum Gasteiger partial charge on any atom is -0.348 e. The van der Waals surface area contributed by atoms with Crippen LogP contribution in [-0.2, 0) is 19.9 Å². The number of aromatic nitrogens is 2. The predicted molar refractivity (Wildman–Crippen MR) is 87.6 cm³/mol. The summed E-state index contributed by atoms with van der Waals surface area (Å²) in [5.74, 6) is -0.401. The molecule has 1 unspecified atom stereocenters. The van der Waals surface area contributed by atoms with E-state index in [9.17, 15) is 4.79 Å².